The summed E-state index contributed by atoms with van der Waals surface area (Å²) >= 11 is 7.23. The Morgan fingerprint density at radius 1 is 1.07 bits per heavy atom. The molecule has 0 fully saturated rings. The van der Waals surface area contributed by atoms with Gasteiger partial charge < -0.3 is 10.6 Å². The minimum atomic E-state index is -0.356. The molecule has 3 rings (SSSR count). The van der Waals surface area contributed by atoms with E-state index in [2.05, 4.69) is 10.6 Å². The smallest absolute Gasteiger partial charge is 0.262 e. The molecule has 1 unspecified atom stereocenters. The Hall–Kier alpha value is -2.70. The van der Waals surface area contributed by atoms with Crippen LogP contribution in [0.3, 0.4) is 0 Å². The molecule has 2 amide bonds. The summed E-state index contributed by atoms with van der Waals surface area (Å²) in [5.41, 5.74) is 1.78. The summed E-state index contributed by atoms with van der Waals surface area (Å²) in [5.74, 6) is -0.972. The molecule has 7 heteroatoms. The fourth-order valence-electron chi connectivity index (χ4n) is 2.72. The van der Waals surface area contributed by atoms with Crippen LogP contribution in [-0.2, 0) is 0 Å². The van der Waals surface area contributed by atoms with Crippen molar-refractivity contribution in [2.45, 2.75) is 19.9 Å². The summed E-state index contributed by atoms with van der Waals surface area (Å²) in [6, 6.07) is 14.2. The van der Waals surface area contributed by atoms with E-state index in [1.165, 1.54) is 23.5 Å². The first-order valence-electron chi connectivity index (χ1n) is 8.58. The molecule has 3 aromatic rings. The van der Waals surface area contributed by atoms with E-state index in [9.17, 15) is 14.0 Å². The molecule has 2 aromatic carbocycles. The third-order valence-corrected chi connectivity index (χ3v) is 5.66. The number of halogens is 2. The molecule has 0 radical (unpaired) electrons. The van der Waals surface area contributed by atoms with Gasteiger partial charge in [-0.2, -0.15) is 0 Å². The van der Waals surface area contributed by atoms with E-state index >= 15 is 0 Å². The summed E-state index contributed by atoms with van der Waals surface area (Å²) in [6.07, 6.45) is 0. The maximum atomic E-state index is 13.4. The molecule has 0 saturated heterocycles. The van der Waals surface area contributed by atoms with Gasteiger partial charge in [-0.1, -0.05) is 35.9 Å². The van der Waals surface area contributed by atoms with Crippen LogP contribution in [0.5, 0.6) is 0 Å². The molecule has 1 atom stereocenters. The van der Waals surface area contributed by atoms with Gasteiger partial charge in [0.15, 0.2) is 0 Å². The number of carbonyl (C=O) groups excluding carboxylic acids is 2. The fraction of sp³-hybridized carbons (Fsp3) is 0.143. The highest BCUT2D eigenvalue weighted by Gasteiger charge is 2.18. The molecule has 144 valence electrons. The molecule has 0 aliphatic rings. The number of nitrogens with one attached hydrogen (secondary N) is 2. The molecule has 0 spiro atoms. The molecule has 2 N–H and O–H groups in total. The van der Waals surface area contributed by atoms with Crippen molar-refractivity contribution >= 4 is 39.8 Å². The predicted molar refractivity (Wildman–Crippen MR) is 111 cm³/mol. The van der Waals surface area contributed by atoms with Gasteiger partial charge in [-0.05, 0) is 55.3 Å². The van der Waals surface area contributed by atoms with Crippen molar-refractivity contribution < 1.29 is 14.0 Å². The number of hydrogen-bond donors (Lipinski definition) is 2. The molecule has 0 aliphatic carbocycles. The highest BCUT2D eigenvalue weighted by atomic mass is 35.5. The van der Waals surface area contributed by atoms with Crippen LogP contribution in [0.2, 0.25) is 5.02 Å². The number of thiophene rings is 1. The van der Waals surface area contributed by atoms with Crippen LogP contribution in [0.25, 0.3) is 0 Å². The Morgan fingerprint density at radius 3 is 2.54 bits per heavy atom. The molecule has 1 aromatic heterocycles. The zero-order valence-corrected chi connectivity index (χ0v) is 16.8. The third-order valence-electron chi connectivity index (χ3n) is 4.18. The Kier molecular flexibility index (Phi) is 6.11. The normalized spacial score (nSPS) is 11.7. The number of carbonyl (C=O) groups is 2. The Bertz CT molecular complexity index is 1030. The minimum absolute atomic E-state index is 0.280. The van der Waals surface area contributed by atoms with Crippen LogP contribution >= 0.6 is 22.9 Å². The summed E-state index contributed by atoms with van der Waals surface area (Å²) in [5, 5.41) is 6.54. The summed E-state index contributed by atoms with van der Waals surface area (Å²) in [6.45, 7) is 3.58. The first-order valence-corrected chi connectivity index (χ1v) is 9.77. The lowest BCUT2D eigenvalue weighted by Gasteiger charge is -2.14. The van der Waals surface area contributed by atoms with Gasteiger partial charge in [0.25, 0.3) is 11.8 Å². The van der Waals surface area contributed by atoms with Gasteiger partial charge >= 0.3 is 0 Å². The van der Waals surface area contributed by atoms with Gasteiger partial charge in [-0.25, -0.2) is 4.39 Å². The Morgan fingerprint density at radius 2 is 1.82 bits per heavy atom. The van der Waals surface area contributed by atoms with Gasteiger partial charge in [0.1, 0.15) is 5.82 Å². The summed E-state index contributed by atoms with van der Waals surface area (Å²) < 4.78 is 13.4. The first kappa shape index (κ1) is 20.0. The molecule has 0 saturated carbocycles. The van der Waals surface area contributed by atoms with E-state index in [1.807, 2.05) is 0 Å². The van der Waals surface area contributed by atoms with Gasteiger partial charge in [-0.3, -0.25) is 9.59 Å². The molecular formula is C21H18ClFN2O2S. The Balaban J connectivity index is 1.72. The second kappa shape index (κ2) is 8.54. The van der Waals surface area contributed by atoms with Crippen LogP contribution in [0.1, 0.15) is 44.1 Å². The second-order valence-corrected chi connectivity index (χ2v) is 7.77. The van der Waals surface area contributed by atoms with E-state index in [0.717, 1.165) is 5.56 Å². The molecule has 0 aliphatic heterocycles. The molecular weight excluding hydrogens is 399 g/mol. The van der Waals surface area contributed by atoms with Gasteiger partial charge in [0.05, 0.1) is 26.5 Å². The molecule has 0 bridgehead atoms. The highest BCUT2D eigenvalue weighted by Crippen LogP contribution is 2.28. The van der Waals surface area contributed by atoms with E-state index in [-0.39, 0.29) is 23.7 Å². The summed E-state index contributed by atoms with van der Waals surface area (Å²) in [7, 11) is 0. The van der Waals surface area contributed by atoms with Crippen LogP contribution in [0.4, 0.5) is 9.39 Å². The number of amides is 2. The monoisotopic (exact) mass is 416 g/mol. The zero-order chi connectivity index (χ0) is 20.3. The van der Waals surface area contributed by atoms with E-state index in [4.69, 9.17) is 11.6 Å². The van der Waals surface area contributed by atoms with E-state index < -0.39 is 0 Å². The topological polar surface area (TPSA) is 58.2 Å². The Labute approximate surface area is 171 Å². The van der Waals surface area contributed by atoms with Gasteiger partial charge in [0, 0.05) is 0 Å². The maximum absolute atomic E-state index is 13.4. The predicted octanol–water partition coefficient (Wildman–Crippen LogP) is 5.59. The molecule has 28 heavy (non-hydrogen) atoms. The highest BCUT2D eigenvalue weighted by molar-refractivity contribution is 7.18. The number of hydrogen-bond acceptors (Lipinski definition) is 3. The average molecular weight is 417 g/mol. The number of aryl methyl sites for hydroxylation is 1. The SMILES string of the molecule is Cc1cc(NC(=O)c2ccccc2Cl)sc1C(=O)NC(C)c1cccc(F)c1. The molecule has 1 heterocycles. The van der Waals surface area contributed by atoms with Crippen LogP contribution in [-0.4, -0.2) is 11.8 Å². The number of rotatable bonds is 5. The lowest BCUT2D eigenvalue weighted by atomic mass is 10.1. The van der Waals surface area contributed by atoms with E-state index in [1.54, 1.807) is 56.3 Å². The van der Waals surface area contributed by atoms with Crippen molar-refractivity contribution in [3.05, 3.63) is 87.0 Å². The van der Waals surface area contributed by atoms with Crippen LogP contribution in [0, 0.1) is 12.7 Å². The van der Waals surface area contributed by atoms with Crippen molar-refractivity contribution in [1.82, 2.24) is 5.32 Å². The van der Waals surface area contributed by atoms with E-state index in [0.29, 0.717) is 26.0 Å². The lowest BCUT2D eigenvalue weighted by molar-refractivity contribution is 0.0942. The standard InChI is InChI=1S/C21H18ClFN2O2S/c1-12-10-18(25-20(26)16-8-3-4-9-17(16)22)28-19(12)21(27)24-13(2)14-6-5-7-15(23)11-14/h3-11,13H,1-2H3,(H,24,27)(H,25,26). The third kappa shape index (κ3) is 4.58. The summed E-state index contributed by atoms with van der Waals surface area (Å²) in [4.78, 5) is 25.5. The quantitative estimate of drug-likeness (QED) is 0.569. The lowest BCUT2D eigenvalue weighted by Crippen LogP contribution is -2.26. The largest absolute Gasteiger partial charge is 0.345 e. The average Bonchev–Trinajstić information content (AvgIpc) is 3.02. The number of anilines is 1. The van der Waals surface area contributed by atoms with Crippen molar-refractivity contribution in [3.8, 4) is 0 Å². The van der Waals surface area contributed by atoms with Crippen LogP contribution < -0.4 is 10.6 Å². The van der Waals surface area contributed by atoms with Gasteiger partial charge in [-0.15, -0.1) is 11.3 Å². The molecule has 4 nitrogen and oxygen atoms in total. The minimum Gasteiger partial charge on any atom is -0.345 e. The van der Waals surface area contributed by atoms with Crippen molar-refractivity contribution in [1.29, 1.82) is 0 Å². The second-order valence-electron chi connectivity index (χ2n) is 6.31. The van der Waals surface area contributed by atoms with Gasteiger partial charge in [0.2, 0.25) is 0 Å². The number of benzene rings is 2. The van der Waals surface area contributed by atoms with Crippen LogP contribution in [0.15, 0.2) is 54.6 Å². The van der Waals surface area contributed by atoms with Crippen molar-refractivity contribution in [3.63, 3.8) is 0 Å². The maximum Gasteiger partial charge on any atom is 0.262 e. The fourth-order valence-corrected chi connectivity index (χ4v) is 3.91. The zero-order valence-electron chi connectivity index (χ0n) is 15.3. The van der Waals surface area contributed by atoms with Crippen molar-refractivity contribution in [2.24, 2.45) is 0 Å². The first-order chi connectivity index (χ1) is 13.3. The van der Waals surface area contributed by atoms with Crippen molar-refractivity contribution in [2.75, 3.05) is 5.32 Å².